The summed E-state index contributed by atoms with van der Waals surface area (Å²) in [5, 5.41) is 8.81. The third kappa shape index (κ3) is 2.34. The van der Waals surface area contributed by atoms with Gasteiger partial charge in [0, 0.05) is 23.6 Å². The molecule has 1 atom stereocenters. The smallest absolute Gasteiger partial charge is 0.142 e. The fraction of sp³-hybridized carbons (Fsp3) is 0.455. The second-order valence-electron chi connectivity index (χ2n) is 4.38. The fourth-order valence-corrected chi connectivity index (χ4v) is 1.59. The summed E-state index contributed by atoms with van der Waals surface area (Å²) in [4.78, 5) is 0. The van der Waals surface area contributed by atoms with E-state index in [4.69, 9.17) is 22.4 Å². The van der Waals surface area contributed by atoms with E-state index in [9.17, 15) is 8.78 Å². The number of hydrogen-bond donors (Lipinski definition) is 2. The predicted molar refractivity (Wildman–Crippen MR) is 59.2 cm³/mol. The van der Waals surface area contributed by atoms with Gasteiger partial charge in [0.2, 0.25) is 0 Å². The Morgan fingerprint density at radius 3 is 2.38 bits per heavy atom. The molecule has 0 saturated heterocycles. The lowest BCUT2D eigenvalue weighted by Crippen LogP contribution is -2.33. The average molecular weight is 250 g/mol. The minimum atomic E-state index is -0.874. The van der Waals surface area contributed by atoms with Gasteiger partial charge < -0.3 is 10.8 Å². The Hall–Kier alpha value is -0.710. The van der Waals surface area contributed by atoms with Gasteiger partial charge in [-0.2, -0.15) is 0 Å². The van der Waals surface area contributed by atoms with Crippen molar-refractivity contribution in [2.45, 2.75) is 19.9 Å². The van der Waals surface area contributed by atoms with Crippen LogP contribution in [0.4, 0.5) is 8.78 Å². The zero-order valence-electron chi connectivity index (χ0n) is 9.10. The molecule has 0 fully saturated rings. The third-order valence-corrected chi connectivity index (χ3v) is 3.02. The second-order valence-corrected chi connectivity index (χ2v) is 4.76. The number of aliphatic hydroxyl groups excluding tert-OH is 1. The van der Waals surface area contributed by atoms with Crippen LogP contribution in [0.3, 0.4) is 0 Å². The molecule has 5 heteroatoms. The van der Waals surface area contributed by atoms with Crippen LogP contribution in [-0.2, 0) is 0 Å². The van der Waals surface area contributed by atoms with E-state index in [-0.39, 0.29) is 17.2 Å². The monoisotopic (exact) mass is 249 g/mol. The first kappa shape index (κ1) is 13.4. The van der Waals surface area contributed by atoms with E-state index in [1.165, 1.54) is 0 Å². The molecule has 0 radical (unpaired) electrons. The van der Waals surface area contributed by atoms with Gasteiger partial charge in [-0.15, -0.1) is 0 Å². The molecule has 0 heterocycles. The first-order valence-corrected chi connectivity index (χ1v) is 5.19. The van der Waals surface area contributed by atoms with E-state index >= 15 is 0 Å². The zero-order valence-corrected chi connectivity index (χ0v) is 9.85. The van der Waals surface area contributed by atoms with Crippen LogP contribution in [0, 0.1) is 17.0 Å². The van der Waals surface area contributed by atoms with E-state index in [1.54, 1.807) is 13.8 Å². The Bertz CT molecular complexity index is 396. The minimum absolute atomic E-state index is 0.0966. The Balaban J connectivity index is 3.28. The van der Waals surface area contributed by atoms with Gasteiger partial charge in [0.25, 0.3) is 0 Å². The van der Waals surface area contributed by atoms with Crippen LogP contribution in [-0.4, -0.2) is 11.7 Å². The molecule has 0 bridgehead atoms. The van der Waals surface area contributed by atoms with Crippen LogP contribution in [0.15, 0.2) is 12.1 Å². The molecular formula is C11H14ClF2NO. The number of hydrogen-bond acceptors (Lipinski definition) is 2. The van der Waals surface area contributed by atoms with Crippen molar-refractivity contribution in [2.75, 3.05) is 6.61 Å². The molecule has 0 amide bonds. The number of aliphatic hydroxyl groups is 1. The van der Waals surface area contributed by atoms with E-state index in [0.29, 0.717) is 0 Å². The Morgan fingerprint density at radius 2 is 1.88 bits per heavy atom. The summed E-state index contributed by atoms with van der Waals surface area (Å²) >= 11 is 5.68. The molecule has 1 aromatic carbocycles. The van der Waals surface area contributed by atoms with Crippen LogP contribution in [0.25, 0.3) is 0 Å². The van der Waals surface area contributed by atoms with Crippen LogP contribution in [0.1, 0.15) is 25.5 Å². The lowest BCUT2D eigenvalue weighted by atomic mass is 9.81. The van der Waals surface area contributed by atoms with Crippen LogP contribution in [0.5, 0.6) is 0 Å². The molecule has 1 aromatic rings. The quantitative estimate of drug-likeness (QED) is 0.809. The van der Waals surface area contributed by atoms with E-state index < -0.39 is 23.1 Å². The lowest BCUT2D eigenvalue weighted by molar-refractivity contribution is 0.130. The Kier molecular flexibility index (Phi) is 3.88. The Labute approximate surface area is 98.0 Å². The van der Waals surface area contributed by atoms with Crippen molar-refractivity contribution in [1.29, 1.82) is 0 Å². The van der Waals surface area contributed by atoms with E-state index in [0.717, 1.165) is 12.1 Å². The maximum Gasteiger partial charge on any atom is 0.142 e. The van der Waals surface area contributed by atoms with Crippen LogP contribution in [0.2, 0.25) is 5.02 Å². The van der Waals surface area contributed by atoms with Crippen molar-refractivity contribution in [2.24, 2.45) is 11.1 Å². The van der Waals surface area contributed by atoms with Crippen molar-refractivity contribution < 1.29 is 13.9 Å². The molecule has 3 N–H and O–H groups in total. The van der Waals surface area contributed by atoms with Gasteiger partial charge in [0.1, 0.15) is 11.6 Å². The molecule has 0 aromatic heterocycles. The fourth-order valence-electron chi connectivity index (χ4n) is 1.32. The molecule has 1 rings (SSSR count). The van der Waals surface area contributed by atoms with Crippen molar-refractivity contribution >= 4 is 11.6 Å². The SMILES string of the molecule is CC(C)(CO)[C@@H](N)c1c(F)ccc(F)c1Cl. The standard InChI is InChI=1S/C11H14ClF2NO/c1-11(2,5-16)10(15)8-6(13)3-4-7(14)9(8)12/h3-4,10,16H,5,15H2,1-2H3/t10-/m0/s1. The number of nitrogens with two attached hydrogens (primary N) is 1. The number of benzene rings is 1. The van der Waals surface area contributed by atoms with Crippen molar-refractivity contribution in [3.05, 3.63) is 34.4 Å². The highest BCUT2D eigenvalue weighted by Gasteiger charge is 2.31. The van der Waals surface area contributed by atoms with Gasteiger partial charge in [-0.1, -0.05) is 25.4 Å². The average Bonchev–Trinajstić information content (AvgIpc) is 2.24. The molecule has 0 unspecified atom stereocenters. The highest BCUT2D eigenvalue weighted by molar-refractivity contribution is 6.31. The molecule has 0 aliphatic carbocycles. The normalized spacial score (nSPS) is 13.9. The summed E-state index contributed by atoms with van der Waals surface area (Å²) < 4.78 is 26.7. The predicted octanol–water partition coefficient (Wildman–Crippen LogP) is 2.64. The van der Waals surface area contributed by atoms with Gasteiger partial charge >= 0.3 is 0 Å². The molecule has 0 saturated carbocycles. The van der Waals surface area contributed by atoms with Gasteiger partial charge in [-0.05, 0) is 12.1 Å². The summed E-state index contributed by atoms with van der Waals surface area (Å²) in [5.74, 6) is -1.39. The molecular weight excluding hydrogens is 236 g/mol. The zero-order chi connectivity index (χ0) is 12.5. The highest BCUT2D eigenvalue weighted by Crippen LogP contribution is 2.36. The first-order valence-electron chi connectivity index (χ1n) is 4.81. The Morgan fingerprint density at radius 1 is 1.38 bits per heavy atom. The van der Waals surface area contributed by atoms with Crippen molar-refractivity contribution in [1.82, 2.24) is 0 Å². The second kappa shape index (κ2) is 4.65. The van der Waals surface area contributed by atoms with Crippen LogP contribution >= 0.6 is 11.6 Å². The number of halogens is 3. The molecule has 0 aliphatic heterocycles. The summed E-state index contributed by atoms with van der Waals surface area (Å²) in [6, 6.07) is 1.05. The minimum Gasteiger partial charge on any atom is -0.396 e. The summed E-state index contributed by atoms with van der Waals surface area (Å²) in [6.07, 6.45) is 0. The third-order valence-electron chi connectivity index (χ3n) is 2.64. The molecule has 90 valence electrons. The van der Waals surface area contributed by atoms with Gasteiger partial charge in [-0.25, -0.2) is 8.78 Å². The highest BCUT2D eigenvalue weighted by atomic mass is 35.5. The van der Waals surface area contributed by atoms with Gasteiger partial charge in [-0.3, -0.25) is 0 Å². The summed E-state index contributed by atoms with van der Waals surface area (Å²) in [6.45, 7) is 3.05. The maximum absolute atomic E-state index is 13.5. The van der Waals surface area contributed by atoms with E-state index in [1.807, 2.05) is 0 Å². The lowest BCUT2D eigenvalue weighted by Gasteiger charge is -2.30. The topological polar surface area (TPSA) is 46.2 Å². The summed E-state index contributed by atoms with van der Waals surface area (Å²) in [5.41, 5.74) is 4.93. The molecule has 0 aliphatic rings. The number of rotatable bonds is 3. The molecule has 16 heavy (non-hydrogen) atoms. The van der Waals surface area contributed by atoms with Gasteiger partial charge in [0.15, 0.2) is 0 Å². The molecule has 2 nitrogen and oxygen atoms in total. The van der Waals surface area contributed by atoms with Gasteiger partial charge in [0.05, 0.1) is 5.02 Å². The van der Waals surface area contributed by atoms with E-state index in [2.05, 4.69) is 0 Å². The van der Waals surface area contributed by atoms with Crippen molar-refractivity contribution in [3.8, 4) is 0 Å². The van der Waals surface area contributed by atoms with Crippen molar-refractivity contribution in [3.63, 3.8) is 0 Å². The molecule has 0 spiro atoms. The maximum atomic E-state index is 13.5. The summed E-state index contributed by atoms with van der Waals surface area (Å²) in [7, 11) is 0. The first-order chi connectivity index (χ1) is 7.31. The van der Waals surface area contributed by atoms with Crippen LogP contribution < -0.4 is 5.73 Å². The largest absolute Gasteiger partial charge is 0.396 e.